The number of aryl methyl sites for hydroxylation is 1. The fourth-order valence-corrected chi connectivity index (χ4v) is 2.23. The topological polar surface area (TPSA) is 98.7 Å². The molecule has 1 amide bonds. The normalized spacial score (nSPS) is 11.0. The van der Waals surface area contributed by atoms with E-state index in [1.54, 1.807) is 41.5 Å². The van der Waals surface area contributed by atoms with Gasteiger partial charge in [0, 0.05) is 42.9 Å². The van der Waals surface area contributed by atoms with E-state index in [1.807, 2.05) is 13.8 Å². The molecule has 3 heterocycles. The summed E-state index contributed by atoms with van der Waals surface area (Å²) in [7, 11) is 0. The van der Waals surface area contributed by atoms with Gasteiger partial charge in [0.1, 0.15) is 5.82 Å². The Bertz CT molecular complexity index is 809. The average Bonchev–Trinajstić information content (AvgIpc) is 3.23. The maximum Gasteiger partial charge on any atom is 0.227 e. The lowest BCUT2D eigenvalue weighted by molar-refractivity contribution is -0.116. The van der Waals surface area contributed by atoms with Crippen molar-refractivity contribution in [3.8, 4) is 11.4 Å². The van der Waals surface area contributed by atoms with Crippen molar-refractivity contribution in [2.75, 3.05) is 5.32 Å². The maximum absolute atomic E-state index is 12.1. The van der Waals surface area contributed by atoms with Crippen molar-refractivity contribution in [2.24, 2.45) is 0 Å². The molecule has 3 aromatic heterocycles. The molecule has 124 valence electrons. The number of amides is 1. The minimum absolute atomic E-state index is 0.124. The summed E-state index contributed by atoms with van der Waals surface area (Å²) < 4.78 is 6.94. The molecule has 0 aliphatic heterocycles. The van der Waals surface area contributed by atoms with Gasteiger partial charge < -0.3 is 9.84 Å². The van der Waals surface area contributed by atoms with Gasteiger partial charge in [-0.05, 0) is 26.0 Å². The molecule has 0 spiro atoms. The predicted octanol–water partition coefficient (Wildman–Crippen LogP) is 2.48. The van der Waals surface area contributed by atoms with Crippen LogP contribution < -0.4 is 5.32 Å². The highest BCUT2D eigenvalue weighted by atomic mass is 16.5. The zero-order valence-electron chi connectivity index (χ0n) is 13.5. The summed E-state index contributed by atoms with van der Waals surface area (Å²) in [5.74, 6) is 1.47. The van der Waals surface area contributed by atoms with Crippen LogP contribution in [0.5, 0.6) is 0 Å². The maximum atomic E-state index is 12.1. The number of anilines is 1. The molecule has 0 aliphatic rings. The Kier molecular flexibility index (Phi) is 4.64. The van der Waals surface area contributed by atoms with Crippen molar-refractivity contribution >= 4 is 11.7 Å². The van der Waals surface area contributed by atoms with Gasteiger partial charge in [-0.3, -0.25) is 9.78 Å². The Morgan fingerprint density at radius 1 is 1.25 bits per heavy atom. The molecule has 1 N–H and O–H groups in total. The number of pyridine rings is 1. The third-order valence-corrected chi connectivity index (χ3v) is 3.40. The van der Waals surface area contributed by atoms with Gasteiger partial charge >= 0.3 is 0 Å². The summed E-state index contributed by atoms with van der Waals surface area (Å²) in [6, 6.07) is 5.55. The molecule has 3 rings (SSSR count). The number of carbonyl (C=O) groups is 1. The average molecular weight is 326 g/mol. The highest BCUT2D eigenvalue weighted by Gasteiger charge is 2.13. The van der Waals surface area contributed by atoms with Crippen LogP contribution in [0.15, 0.2) is 41.3 Å². The van der Waals surface area contributed by atoms with Crippen LogP contribution in [-0.4, -0.2) is 30.8 Å². The van der Waals surface area contributed by atoms with E-state index in [0.29, 0.717) is 24.0 Å². The van der Waals surface area contributed by atoms with Crippen molar-refractivity contribution in [2.45, 2.75) is 32.7 Å². The molecule has 0 aliphatic carbocycles. The van der Waals surface area contributed by atoms with E-state index in [-0.39, 0.29) is 18.4 Å². The number of hydrogen-bond acceptors (Lipinski definition) is 6. The molecular weight excluding hydrogens is 308 g/mol. The van der Waals surface area contributed by atoms with Gasteiger partial charge in [-0.25, -0.2) is 4.68 Å². The van der Waals surface area contributed by atoms with Gasteiger partial charge in [0.2, 0.25) is 17.6 Å². The molecule has 0 aromatic carbocycles. The quantitative estimate of drug-likeness (QED) is 0.747. The molecule has 0 radical (unpaired) electrons. The molecule has 24 heavy (non-hydrogen) atoms. The van der Waals surface area contributed by atoms with Crippen LogP contribution in [0.3, 0.4) is 0 Å². The van der Waals surface area contributed by atoms with Crippen LogP contribution in [0.2, 0.25) is 0 Å². The van der Waals surface area contributed by atoms with E-state index in [4.69, 9.17) is 4.52 Å². The molecular formula is C16H18N6O2. The second-order valence-electron chi connectivity index (χ2n) is 5.55. The summed E-state index contributed by atoms with van der Waals surface area (Å²) in [4.78, 5) is 20.3. The lowest BCUT2D eigenvalue weighted by atomic mass is 10.2. The first-order valence-corrected chi connectivity index (χ1v) is 7.70. The molecule has 0 saturated heterocycles. The summed E-state index contributed by atoms with van der Waals surface area (Å²) in [5.41, 5.74) is 0.824. The van der Waals surface area contributed by atoms with Gasteiger partial charge in [-0.1, -0.05) is 5.16 Å². The molecule has 0 unspecified atom stereocenters. The van der Waals surface area contributed by atoms with Crippen LogP contribution in [0.4, 0.5) is 5.82 Å². The van der Waals surface area contributed by atoms with Crippen LogP contribution in [0.1, 0.15) is 32.2 Å². The SMILES string of the molecule is CC(C)n1nccc1NC(=O)CCc1nc(-c2ccncc2)no1. The number of hydrogen-bond donors (Lipinski definition) is 1. The highest BCUT2D eigenvalue weighted by molar-refractivity contribution is 5.89. The minimum Gasteiger partial charge on any atom is -0.339 e. The van der Waals surface area contributed by atoms with Crippen molar-refractivity contribution in [1.29, 1.82) is 0 Å². The second-order valence-corrected chi connectivity index (χ2v) is 5.55. The van der Waals surface area contributed by atoms with Gasteiger partial charge in [0.15, 0.2) is 0 Å². The van der Waals surface area contributed by atoms with Crippen LogP contribution >= 0.6 is 0 Å². The fourth-order valence-electron chi connectivity index (χ4n) is 2.23. The number of nitrogens with one attached hydrogen (secondary N) is 1. The van der Waals surface area contributed by atoms with Crippen molar-refractivity contribution in [1.82, 2.24) is 24.9 Å². The van der Waals surface area contributed by atoms with Crippen molar-refractivity contribution in [3.05, 3.63) is 42.7 Å². The lowest BCUT2D eigenvalue weighted by Gasteiger charge is -2.11. The number of aromatic nitrogens is 5. The summed E-state index contributed by atoms with van der Waals surface area (Å²) in [5, 5.41) is 10.9. The van der Waals surface area contributed by atoms with Crippen LogP contribution in [0.25, 0.3) is 11.4 Å². The predicted molar refractivity (Wildman–Crippen MR) is 87.1 cm³/mol. The third kappa shape index (κ3) is 3.65. The monoisotopic (exact) mass is 326 g/mol. The van der Waals surface area contributed by atoms with Crippen LogP contribution in [0, 0.1) is 0 Å². The van der Waals surface area contributed by atoms with E-state index in [0.717, 1.165) is 5.56 Å². The highest BCUT2D eigenvalue weighted by Crippen LogP contribution is 2.16. The molecule has 0 fully saturated rings. The lowest BCUT2D eigenvalue weighted by Crippen LogP contribution is -2.17. The van der Waals surface area contributed by atoms with Gasteiger partial charge in [-0.15, -0.1) is 0 Å². The van der Waals surface area contributed by atoms with Gasteiger partial charge in [0.25, 0.3) is 0 Å². The zero-order chi connectivity index (χ0) is 16.9. The minimum atomic E-state index is -0.124. The Balaban J connectivity index is 1.57. The van der Waals surface area contributed by atoms with E-state index in [1.165, 1.54) is 0 Å². The van der Waals surface area contributed by atoms with Crippen LogP contribution in [-0.2, 0) is 11.2 Å². The standard InChI is InChI=1S/C16H18N6O2/c1-11(2)22-13(7-10-18-22)19-14(23)3-4-15-20-16(21-24-15)12-5-8-17-9-6-12/h5-11H,3-4H2,1-2H3,(H,19,23). The van der Waals surface area contributed by atoms with Gasteiger partial charge in [-0.2, -0.15) is 10.1 Å². The number of carbonyl (C=O) groups excluding carboxylic acids is 1. The molecule has 8 nitrogen and oxygen atoms in total. The van der Waals surface area contributed by atoms with Crippen molar-refractivity contribution < 1.29 is 9.32 Å². The fraction of sp³-hybridized carbons (Fsp3) is 0.312. The van der Waals surface area contributed by atoms with Crippen molar-refractivity contribution in [3.63, 3.8) is 0 Å². The molecule has 8 heteroatoms. The first kappa shape index (κ1) is 15.9. The molecule has 0 bridgehead atoms. The number of rotatable bonds is 6. The van der Waals surface area contributed by atoms with E-state index in [2.05, 4.69) is 25.5 Å². The largest absolute Gasteiger partial charge is 0.339 e. The Hall–Kier alpha value is -3.03. The van der Waals surface area contributed by atoms with E-state index < -0.39 is 0 Å². The molecule has 0 atom stereocenters. The summed E-state index contributed by atoms with van der Waals surface area (Å²) in [6.45, 7) is 4.00. The smallest absolute Gasteiger partial charge is 0.227 e. The Morgan fingerprint density at radius 3 is 2.79 bits per heavy atom. The molecule has 0 saturated carbocycles. The Labute approximate surface area is 138 Å². The summed E-state index contributed by atoms with van der Waals surface area (Å²) in [6.07, 6.45) is 5.61. The van der Waals surface area contributed by atoms with E-state index >= 15 is 0 Å². The first-order chi connectivity index (χ1) is 11.6. The van der Waals surface area contributed by atoms with E-state index in [9.17, 15) is 4.79 Å². The van der Waals surface area contributed by atoms with Gasteiger partial charge in [0.05, 0.1) is 6.20 Å². The third-order valence-electron chi connectivity index (χ3n) is 3.40. The second kappa shape index (κ2) is 7.03. The zero-order valence-corrected chi connectivity index (χ0v) is 13.5. The Morgan fingerprint density at radius 2 is 2.04 bits per heavy atom. The number of nitrogens with zero attached hydrogens (tertiary/aromatic N) is 5. The summed E-state index contributed by atoms with van der Waals surface area (Å²) >= 11 is 0. The molecule has 3 aromatic rings. The first-order valence-electron chi connectivity index (χ1n) is 7.70.